The Bertz CT molecular complexity index is 129. The second-order valence-corrected chi connectivity index (χ2v) is 0.921. The van der Waals surface area contributed by atoms with E-state index in [4.69, 9.17) is 10.5 Å². The summed E-state index contributed by atoms with van der Waals surface area (Å²) < 4.78 is 22.4. The average molecular weight is 140 g/mol. The molecule has 0 unspecified atom stereocenters. The zero-order valence-electron chi connectivity index (χ0n) is 4.23. The topological polar surface area (TPSA) is 47.6 Å². The summed E-state index contributed by atoms with van der Waals surface area (Å²) in [4.78, 5) is 0. The predicted octanol–water partition coefficient (Wildman–Crippen LogP) is -2.50. The molecular weight excluding hydrogens is 140 g/mol. The second-order valence-electron chi connectivity index (χ2n) is 0.921. The van der Waals surface area contributed by atoms with Crippen LogP contribution in [-0.4, -0.2) is 6.70 Å². The van der Waals surface area contributed by atoms with Crippen molar-refractivity contribution >= 4 is 6.70 Å². The Morgan fingerprint density at radius 3 is 1.38 bits per heavy atom. The molecule has 0 atom stereocenters. The molecule has 0 fully saturated rings. The van der Waals surface area contributed by atoms with Gasteiger partial charge < -0.3 is 8.63 Å². The van der Waals surface area contributed by atoms with Crippen LogP contribution in [0, 0.1) is 22.5 Å². The van der Waals surface area contributed by atoms with Crippen molar-refractivity contribution in [2.75, 3.05) is 0 Å². The second kappa shape index (κ2) is 4.42. The minimum atomic E-state index is -4.36. The molecule has 0 amide bonds. The Morgan fingerprint density at radius 2 is 1.38 bits per heavy atom. The maximum absolute atomic E-state index is 11.2. The van der Waals surface area contributed by atoms with Crippen LogP contribution in [0.2, 0.25) is 0 Å². The zero-order valence-corrected chi connectivity index (χ0v) is 7.35. The molecule has 0 aliphatic carbocycles. The number of hydrogen-bond donors (Lipinski definition) is 0. The van der Waals surface area contributed by atoms with Gasteiger partial charge in [0.15, 0.2) is 0 Å². The van der Waals surface area contributed by atoms with Gasteiger partial charge in [0.2, 0.25) is 0 Å². The van der Waals surface area contributed by atoms with E-state index in [1.54, 1.807) is 0 Å². The monoisotopic (exact) mass is 140 g/mol. The van der Waals surface area contributed by atoms with Crippen LogP contribution in [0.3, 0.4) is 0 Å². The standard InChI is InChI=1S/C2BF2N2.K/c4-3(5,1-6)2-7;/q-1;+1. The van der Waals surface area contributed by atoms with Gasteiger partial charge in [0, 0.05) is 0 Å². The molecule has 0 N–H and O–H groups in total. The Balaban J connectivity index is 0. The molecule has 6 heteroatoms. The maximum Gasteiger partial charge on any atom is 1.00 e. The van der Waals surface area contributed by atoms with E-state index in [2.05, 4.69) is 0 Å². The first-order valence-electron chi connectivity index (χ1n) is 1.46. The van der Waals surface area contributed by atoms with Crippen molar-refractivity contribution in [1.29, 1.82) is 10.5 Å². The van der Waals surface area contributed by atoms with E-state index in [0.29, 0.717) is 11.9 Å². The smallest absolute Gasteiger partial charge is 0.453 e. The summed E-state index contributed by atoms with van der Waals surface area (Å²) in [5, 5.41) is 14.8. The largest absolute Gasteiger partial charge is 1.00 e. The van der Waals surface area contributed by atoms with Crippen LogP contribution in [0.15, 0.2) is 0 Å². The van der Waals surface area contributed by atoms with Crippen LogP contribution < -0.4 is 51.4 Å². The molecule has 0 aliphatic rings. The van der Waals surface area contributed by atoms with Crippen LogP contribution >= 0.6 is 0 Å². The van der Waals surface area contributed by atoms with Gasteiger partial charge in [-0.1, -0.05) is 11.9 Å². The number of nitrogens with zero attached hydrogens (tertiary/aromatic N) is 2. The molecule has 36 valence electrons. The number of halogens is 2. The van der Waals surface area contributed by atoms with E-state index in [-0.39, 0.29) is 51.4 Å². The third kappa shape index (κ3) is 4.69. The molecule has 0 bridgehead atoms. The summed E-state index contributed by atoms with van der Waals surface area (Å²) in [6.07, 6.45) is 0. The fourth-order valence-electron chi connectivity index (χ4n) is 0.0289. The average Bonchev–Trinajstić information content (AvgIpc) is 1.68. The number of hydrogen-bond acceptors (Lipinski definition) is 2. The SMILES string of the molecule is N#C[B-](F)(F)C#N.[K+]. The van der Waals surface area contributed by atoms with Crippen LogP contribution in [0.25, 0.3) is 0 Å². The van der Waals surface area contributed by atoms with Crippen LogP contribution in [0.4, 0.5) is 8.63 Å². The first-order valence-corrected chi connectivity index (χ1v) is 1.46. The summed E-state index contributed by atoms with van der Waals surface area (Å²) in [6, 6.07) is 0. The Morgan fingerprint density at radius 1 is 1.12 bits per heavy atom. The normalized spacial score (nSPS) is 8.00. The van der Waals surface area contributed by atoms with Gasteiger partial charge >= 0.3 is 58.1 Å². The number of nitriles is 2. The van der Waals surface area contributed by atoms with Crippen molar-refractivity contribution < 1.29 is 60.0 Å². The molecule has 0 rings (SSSR count). The van der Waals surface area contributed by atoms with Gasteiger partial charge in [-0.3, -0.25) is 0 Å². The fraction of sp³-hybridized carbons (Fsp3) is 0. The van der Waals surface area contributed by atoms with E-state index in [1.807, 2.05) is 0 Å². The summed E-state index contributed by atoms with van der Waals surface area (Å²) in [6.45, 7) is -4.36. The summed E-state index contributed by atoms with van der Waals surface area (Å²) in [5.74, 6) is 1.12. The quantitative estimate of drug-likeness (QED) is 0.349. The summed E-state index contributed by atoms with van der Waals surface area (Å²) >= 11 is 0. The Hall–Kier alpha value is 0.541. The van der Waals surface area contributed by atoms with Gasteiger partial charge in [-0.05, 0) is 0 Å². The van der Waals surface area contributed by atoms with Crippen molar-refractivity contribution in [3.63, 3.8) is 0 Å². The summed E-state index contributed by atoms with van der Waals surface area (Å²) in [5.41, 5.74) is 0. The van der Waals surface area contributed by atoms with E-state index in [9.17, 15) is 8.63 Å². The Labute approximate surface area is 87.9 Å². The molecule has 0 aromatic heterocycles. The van der Waals surface area contributed by atoms with Gasteiger partial charge in [-0.15, -0.1) is 0 Å². The van der Waals surface area contributed by atoms with E-state index >= 15 is 0 Å². The molecule has 0 radical (unpaired) electrons. The van der Waals surface area contributed by atoms with Crippen LogP contribution in [-0.2, 0) is 0 Å². The molecule has 0 aromatic rings. The van der Waals surface area contributed by atoms with E-state index in [1.165, 1.54) is 0 Å². The summed E-state index contributed by atoms with van der Waals surface area (Å²) in [7, 11) is 0. The molecule has 2 nitrogen and oxygen atoms in total. The molecule has 0 heterocycles. The van der Waals surface area contributed by atoms with Gasteiger partial charge in [-0.2, -0.15) is 0 Å². The Kier molecular flexibility index (Phi) is 6.28. The van der Waals surface area contributed by atoms with Gasteiger partial charge in [0.1, 0.15) is 0 Å². The van der Waals surface area contributed by atoms with Crippen molar-refractivity contribution in [1.82, 2.24) is 0 Å². The first kappa shape index (κ1) is 11.4. The fourth-order valence-corrected chi connectivity index (χ4v) is 0.0289. The van der Waals surface area contributed by atoms with Crippen molar-refractivity contribution in [3.05, 3.63) is 0 Å². The number of rotatable bonds is 0. The molecule has 0 saturated carbocycles. The maximum atomic E-state index is 11.2. The minimum absolute atomic E-state index is 0. The third-order valence-electron chi connectivity index (χ3n) is 0.324. The molecule has 0 spiro atoms. The minimum Gasteiger partial charge on any atom is -0.453 e. The third-order valence-corrected chi connectivity index (χ3v) is 0.324. The van der Waals surface area contributed by atoms with Gasteiger partial charge in [0.05, 0.1) is 0 Å². The molecular formula is C2BF2KN2. The molecule has 8 heavy (non-hydrogen) atoms. The molecule has 0 saturated heterocycles. The molecule has 0 aliphatic heterocycles. The zero-order chi connectivity index (χ0) is 5.91. The van der Waals surface area contributed by atoms with Gasteiger partial charge in [0.25, 0.3) is 0 Å². The van der Waals surface area contributed by atoms with Crippen molar-refractivity contribution in [2.24, 2.45) is 0 Å². The van der Waals surface area contributed by atoms with E-state index in [0.717, 1.165) is 0 Å². The van der Waals surface area contributed by atoms with Crippen molar-refractivity contribution in [2.45, 2.75) is 0 Å². The van der Waals surface area contributed by atoms with Gasteiger partial charge in [-0.25, -0.2) is 10.5 Å². The van der Waals surface area contributed by atoms with E-state index < -0.39 is 6.70 Å². The first-order chi connectivity index (χ1) is 3.12. The van der Waals surface area contributed by atoms with Crippen LogP contribution in [0.1, 0.15) is 0 Å². The van der Waals surface area contributed by atoms with Crippen molar-refractivity contribution in [3.8, 4) is 11.9 Å². The van der Waals surface area contributed by atoms with Crippen LogP contribution in [0.5, 0.6) is 0 Å². The molecule has 0 aromatic carbocycles. The predicted molar refractivity (Wildman–Crippen MR) is 19.2 cm³/mol.